The highest BCUT2D eigenvalue weighted by molar-refractivity contribution is 8.00. The average Bonchev–Trinajstić information content (AvgIpc) is 2.14. The van der Waals surface area contributed by atoms with Crippen LogP contribution in [0.15, 0.2) is 24.3 Å². The highest BCUT2D eigenvalue weighted by Gasteiger charge is 2.24. The van der Waals surface area contributed by atoms with Crippen LogP contribution in [0.5, 0.6) is 0 Å². The van der Waals surface area contributed by atoms with Crippen molar-refractivity contribution in [3.8, 4) is 0 Å². The van der Waals surface area contributed by atoms with Crippen LogP contribution in [0.2, 0.25) is 0 Å². The minimum atomic E-state index is -0.842. The first-order valence-electron chi connectivity index (χ1n) is 5.32. The van der Waals surface area contributed by atoms with Crippen molar-refractivity contribution in [1.82, 2.24) is 0 Å². The Morgan fingerprint density at radius 1 is 1.50 bits per heavy atom. The van der Waals surface area contributed by atoms with Crippen molar-refractivity contribution in [1.29, 1.82) is 0 Å². The number of nitrogens with two attached hydrogens (primary N) is 1. The van der Waals surface area contributed by atoms with Gasteiger partial charge in [0.1, 0.15) is 0 Å². The van der Waals surface area contributed by atoms with E-state index >= 15 is 0 Å². The van der Waals surface area contributed by atoms with Crippen LogP contribution in [0.1, 0.15) is 29.5 Å². The number of carboxylic acids is 1. The van der Waals surface area contributed by atoms with Crippen molar-refractivity contribution in [2.75, 3.05) is 11.5 Å². The summed E-state index contributed by atoms with van der Waals surface area (Å²) in [5, 5.41) is 8.76. The summed E-state index contributed by atoms with van der Waals surface area (Å²) >= 11 is 1.92. The van der Waals surface area contributed by atoms with Crippen molar-refractivity contribution >= 4 is 17.7 Å². The molecule has 1 unspecified atom stereocenters. The Kier molecular flexibility index (Phi) is 3.51. The Morgan fingerprint density at radius 3 is 2.75 bits per heavy atom. The van der Waals surface area contributed by atoms with Crippen LogP contribution in [0, 0.1) is 0 Å². The SMILES string of the molecule is NC(CC(=O)O)c1ccccc1C1CSC1. The van der Waals surface area contributed by atoms with Crippen molar-refractivity contribution in [2.45, 2.75) is 18.4 Å². The molecule has 1 aromatic rings. The van der Waals surface area contributed by atoms with E-state index in [1.54, 1.807) is 0 Å². The maximum atomic E-state index is 10.7. The second-order valence-electron chi connectivity index (χ2n) is 4.07. The summed E-state index contributed by atoms with van der Waals surface area (Å²) in [4.78, 5) is 10.7. The van der Waals surface area contributed by atoms with E-state index in [0.717, 1.165) is 17.1 Å². The Hall–Kier alpha value is -1.00. The summed E-state index contributed by atoms with van der Waals surface area (Å²) in [6.45, 7) is 0. The molecule has 1 heterocycles. The molecule has 0 saturated carbocycles. The standard InChI is InChI=1S/C12H15NO2S/c13-11(5-12(14)15)10-4-2-1-3-9(10)8-6-16-7-8/h1-4,8,11H,5-7,13H2,(H,14,15). The minimum Gasteiger partial charge on any atom is -0.481 e. The molecule has 86 valence electrons. The smallest absolute Gasteiger partial charge is 0.305 e. The monoisotopic (exact) mass is 237 g/mol. The molecule has 0 radical (unpaired) electrons. The lowest BCUT2D eigenvalue weighted by Crippen LogP contribution is -2.22. The van der Waals surface area contributed by atoms with Gasteiger partial charge < -0.3 is 10.8 Å². The lowest BCUT2D eigenvalue weighted by atomic mass is 9.91. The summed E-state index contributed by atoms with van der Waals surface area (Å²) in [7, 11) is 0. The van der Waals surface area contributed by atoms with Gasteiger partial charge in [-0.05, 0) is 11.1 Å². The Labute approximate surface area is 99.0 Å². The minimum absolute atomic E-state index is 0.00310. The maximum Gasteiger partial charge on any atom is 0.305 e. The number of hydrogen-bond donors (Lipinski definition) is 2. The largest absolute Gasteiger partial charge is 0.481 e. The molecule has 1 saturated heterocycles. The topological polar surface area (TPSA) is 63.3 Å². The van der Waals surface area contributed by atoms with E-state index in [1.165, 1.54) is 5.56 Å². The normalized spacial score (nSPS) is 17.8. The zero-order chi connectivity index (χ0) is 11.5. The molecule has 3 N–H and O–H groups in total. The fourth-order valence-corrected chi connectivity index (χ4v) is 2.76. The van der Waals surface area contributed by atoms with Crippen molar-refractivity contribution in [3.05, 3.63) is 35.4 Å². The molecule has 0 aliphatic carbocycles. The molecule has 2 rings (SSSR count). The number of aliphatic carboxylic acids is 1. The van der Waals surface area contributed by atoms with Crippen molar-refractivity contribution in [3.63, 3.8) is 0 Å². The van der Waals surface area contributed by atoms with Gasteiger partial charge in [0.15, 0.2) is 0 Å². The summed E-state index contributed by atoms with van der Waals surface area (Å²) in [6, 6.07) is 7.55. The Bertz CT molecular complexity index is 390. The van der Waals surface area contributed by atoms with Gasteiger partial charge in [-0.15, -0.1) is 0 Å². The lowest BCUT2D eigenvalue weighted by Gasteiger charge is -2.28. The third-order valence-corrected chi connectivity index (χ3v) is 4.14. The molecule has 1 atom stereocenters. The predicted molar refractivity (Wildman–Crippen MR) is 65.7 cm³/mol. The average molecular weight is 237 g/mol. The molecule has 0 aromatic heterocycles. The Balaban J connectivity index is 2.21. The number of carboxylic acid groups (broad SMARTS) is 1. The van der Waals surface area contributed by atoms with Crippen molar-refractivity contribution in [2.24, 2.45) is 5.73 Å². The van der Waals surface area contributed by atoms with Crippen LogP contribution in [0.3, 0.4) is 0 Å². The van der Waals surface area contributed by atoms with Crippen LogP contribution in [0.25, 0.3) is 0 Å². The molecular formula is C12H15NO2S. The van der Waals surface area contributed by atoms with Crippen LogP contribution < -0.4 is 5.73 Å². The summed E-state index contributed by atoms with van der Waals surface area (Å²) in [5.41, 5.74) is 8.15. The van der Waals surface area contributed by atoms with Gasteiger partial charge in [-0.25, -0.2) is 0 Å². The molecule has 0 amide bonds. The number of thioether (sulfide) groups is 1. The van der Waals surface area contributed by atoms with Gasteiger partial charge in [0.05, 0.1) is 6.42 Å². The highest BCUT2D eigenvalue weighted by atomic mass is 32.2. The Morgan fingerprint density at radius 2 is 2.19 bits per heavy atom. The fraction of sp³-hybridized carbons (Fsp3) is 0.417. The fourth-order valence-electron chi connectivity index (χ4n) is 1.93. The molecule has 1 fully saturated rings. The molecule has 1 aromatic carbocycles. The van der Waals surface area contributed by atoms with Gasteiger partial charge in [-0.1, -0.05) is 24.3 Å². The lowest BCUT2D eigenvalue weighted by molar-refractivity contribution is -0.137. The molecule has 1 aliphatic heterocycles. The summed E-state index contributed by atoms with van der Waals surface area (Å²) < 4.78 is 0. The van der Waals surface area contributed by atoms with E-state index in [9.17, 15) is 4.79 Å². The van der Waals surface area contributed by atoms with Crippen LogP contribution in [-0.2, 0) is 4.79 Å². The second-order valence-corrected chi connectivity index (χ2v) is 5.14. The van der Waals surface area contributed by atoms with Gasteiger partial charge in [0.25, 0.3) is 0 Å². The van der Waals surface area contributed by atoms with Crippen LogP contribution in [-0.4, -0.2) is 22.6 Å². The first kappa shape index (κ1) is 11.5. The zero-order valence-electron chi connectivity index (χ0n) is 8.93. The van der Waals surface area contributed by atoms with Crippen LogP contribution in [0.4, 0.5) is 0 Å². The van der Waals surface area contributed by atoms with E-state index in [2.05, 4.69) is 6.07 Å². The molecule has 0 spiro atoms. The maximum absolute atomic E-state index is 10.7. The third kappa shape index (κ3) is 2.39. The molecule has 16 heavy (non-hydrogen) atoms. The van der Waals surface area contributed by atoms with Crippen molar-refractivity contribution < 1.29 is 9.90 Å². The highest BCUT2D eigenvalue weighted by Crippen LogP contribution is 2.37. The first-order chi connectivity index (χ1) is 7.68. The van der Waals surface area contributed by atoms with Crippen LogP contribution >= 0.6 is 11.8 Å². The van der Waals surface area contributed by atoms with E-state index in [0.29, 0.717) is 5.92 Å². The number of hydrogen-bond acceptors (Lipinski definition) is 3. The quantitative estimate of drug-likeness (QED) is 0.840. The number of carbonyl (C=O) groups is 1. The van der Waals surface area contributed by atoms with E-state index in [-0.39, 0.29) is 12.5 Å². The first-order valence-corrected chi connectivity index (χ1v) is 6.48. The van der Waals surface area contributed by atoms with Gasteiger partial charge in [-0.3, -0.25) is 4.79 Å². The number of rotatable bonds is 4. The molecular weight excluding hydrogens is 222 g/mol. The van der Waals surface area contributed by atoms with Gasteiger partial charge in [0, 0.05) is 23.5 Å². The molecule has 1 aliphatic rings. The molecule has 4 heteroatoms. The van der Waals surface area contributed by atoms with Gasteiger partial charge >= 0.3 is 5.97 Å². The van der Waals surface area contributed by atoms with E-state index < -0.39 is 5.97 Å². The zero-order valence-corrected chi connectivity index (χ0v) is 9.74. The van der Waals surface area contributed by atoms with Gasteiger partial charge in [0.2, 0.25) is 0 Å². The summed E-state index contributed by atoms with van der Waals surface area (Å²) in [5.74, 6) is 1.96. The van der Waals surface area contributed by atoms with E-state index in [4.69, 9.17) is 10.8 Å². The predicted octanol–water partition coefficient (Wildman–Crippen LogP) is 1.99. The van der Waals surface area contributed by atoms with Gasteiger partial charge in [-0.2, -0.15) is 11.8 Å². The van der Waals surface area contributed by atoms with E-state index in [1.807, 2.05) is 30.0 Å². The summed E-state index contributed by atoms with van der Waals surface area (Å²) in [6.07, 6.45) is -0.00310. The molecule has 3 nitrogen and oxygen atoms in total. The second kappa shape index (κ2) is 4.89. The third-order valence-electron chi connectivity index (χ3n) is 2.87. The molecule has 0 bridgehead atoms. The number of benzene rings is 1.